The van der Waals surface area contributed by atoms with Crippen molar-refractivity contribution in [2.24, 2.45) is 17.6 Å². The third-order valence-electron chi connectivity index (χ3n) is 8.94. The standard InChI is InChI=1S/C18H24N2O2.C13H21N3O3/c21-12-17(15-10-13-6-4-5-7-14(13)11-15)20-18(22)19-16-8-2-1-3-9-16;1-16-6-2-3-10(16)13(19)15-9(7-8-4-5-8)11(17)12(14)18/h4-7,12,15-17H,1-3,8-11H2,(H2,19,20,22);8-10H,2-7H2,1H3,(H2,14,18)(H,15,19). The molecule has 3 fully saturated rings. The van der Waals surface area contributed by atoms with E-state index in [0.717, 1.165) is 64.2 Å². The number of urea groups is 1. The van der Waals surface area contributed by atoms with E-state index in [1.54, 1.807) is 0 Å². The third kappa shape index (κ3) is 8.86. The van der Waals surface area contributed by atoms with Gasteiger partial charge in [0.25, 0.3) is 5.91 Å². The first-order valence-electron chi connectivity index (χ1n) is 15.2. The summed E-state index contributed by atoms with van der Waals surface area (Å²) in [5, 5.41) is 8.60. The van der Waals surface area contributed by atoms with Crippen LogP contribution in [0.15, 0.2) is 24.3 Å². The third-order valence-corrected chi connectivity index (χ3v) is 8.94. The van der Waals surface area contributed by atoms with Gasteiger partial charge in [-0.05, 0) is 81.5 Å². The molecule has 4 aliphatic rings. The van der Waals surface area contributed by atoms with Crippen molar-refractivity contribution in [3.8, 4) is 0 Å². The normalized spacial score (nSPS) is 22.4. The van der Waals surface area contributed by atoms with Gasteiger partial charge in [0.1, 0.15) is 6.29 Å². The van der Waals surface area contributed by atoms with Crippen molar-refractivity contribution in [1.82, 2.24) is 20.9 Å². The van der Waals surface area contributed by atoms with Crippen LogP contribution in [0.3, 0.4) is 0 Å². The van der Waals surface area contributed by atoms with Gasteiger partial charge in [-0.1, -0.05) is 56.4 Å². The molecule has 5 rings (SSSR count). The van der Waals surface area contributed by atoms with E-state index in [9.17, 15) is 24.0 Å². The largest absolute Gasteiger partial charge is 0.363 e. The van der Waals surface area contributed by atoms with Gasteiger partial charge >= 0.3 is 6.03 Å². The smallest absolute Gasteiger partial charge is 0.315 e. The highest BCUT2D eigenvalue weighted by Crippen LogP contribution is 2.34. The van der Waals surface area contributed by atoms with E-state index in [1.165, 1.54) is 30.4 Å². The number of likely N-dealkylation sites (N-methyl/N-ethyl adjacent to an activating group) is 1. The molecule has 1 aliphatic heterocycles. The van der Waals surface area contributed by atoms with Crippen LogP contribution in [-0.2, 0) is 32.0 Å². The molecule has 10 heteroatoms. The number of nitrogens with one attached hydrogen (secondary N) is 3. The molecule has 1 aromatic carbocycles. The molecule has 3 atom stereocenters. The molecular formula is C31H45N5O5. The van der Waals surface area contributed by atoms with Crippen molar-refractivity contribution < 1.29 is 24.0 Å². The van der Waals surface area contributed by atoms with E-state index in [0.29, 0.717) is 12.3 Å². The summed E-state index contributed by atoms with van der Waals surface area (Å²) in [6.45, 7) is 0.884. The Morgan fingerprint density at radius 2 is 1.61 bits per heavy atom. The minimum atomic E-state index is -0.967. The fourth-order valence-corrected chi connectivity index (χ4v) is 6.33. The predicted octanol–water partition coefficient (Wildman–Crippen LogP) is 2.02. The number of benzene rings is 1. The lowest BCUT2D eigenvalue weighted by molar-refractivity contribution is -0.139. The summed E-state index contributed by atoms with van der Waals surface area (Å²) in [4.78, 5) is 60.4. The molecule has 3 unspecified atom stereocenters. The topological polar surface area (TPSA) is 151 Å². The molecule has 224 valence electrons. The van der Waals surface area contributed by atoms with Gasteiger partial charge in [0, 0.05) is 6.04 Å². The fraction of sp³-hybridized carbons (Fsp3) is 0.645. The van der Waals surface area contributed by atoms with Crippen LogP contribution in [-0.4, -0.2) is 72.6 Å². The van der Waals surface area contributed by atoms with Crippen LogP contribution in [0.4, 0.5) is 4.79 Å². The monoisotopic (exact) mass is 567 g/mol. The molecule has 4 amide bonds. The first-order valence-corrected chi connectivity index (χ1v) is 15.2. The highest BCUT2D eigenvalue weighted by atomic mass is 16.2. The quantitative estimate of drug-likeness (QED) is 0.251. The second-order valence-electron chi connectivity index (χ2n) is 12.2. The lowest BCUT2D eigenvalue weighted by Gasteiger charge is -2.25. The average molecular weight is 568 g/mol. The van der Waals surface area contributed by atoms with E-state index < -0.39 is 23.8 Å². The Morgan fingerprint density at radius 1 is 0.951 bits per heavy atom. The number of carbonyl (C=O) groups excluding carboxylic acids is 5. The first-order chi connectivity index (χ1) is 19.7. The maximum atomic E-state index is 12.1. The predicted molar refractivity (Wildman–Crippen MR) is 155 cm³/mol. The molecule has 10 nitrogen and oxygen atoms in total. The van der Waals surface area contributed by atoms with Crippen LogP contribution < -0.4 is 21.7 Å². The van der Waals surface area contributed by atoms with E-state index in [-0.39, 0.29) is 29.9 Å². The molecule has 5 N–H and O–H groups in total. The molecule has 0 radical (unpaired) electrons. The van der Waals surface area contributed by atoms with E-state index >= 15 is 0 Å². The molecule has 1 aromatic rings. The minimum Gasteiger partial charge on any atom is -0.363 e. The molecule has 0 bridgehead atoms. The average Bonchev–Trinajstić information content (AvgIpc) is 3.50. The van der Waals surface area contributed by atoms with Gasteiger partial charge in [-0.25, -0.2) is 4.79 Å². The number of carbonyl (C=O) groups is 5. The summed E-state index contributed by atoms with van der Waals surface area (Å²) < 4.78 is 0. The molecular weight excluding hydrogens is 522 g/mol. The van der Waals surface area contributed by atoms with Crippen molar-refractivity contribution >= 4 is 29.9 Å². The Balaban J connectivity index is 0.000000191. The Morgan fingerprint density at radius 3 is 2.15 bits per heavy atom. The lowest BCUT2D eigenvalue weighted by atomic mass is 9.95. The van der Waals surface area contributed by atoms with Crippen LogP contribution in [0, 0.1) is 11.8 Å². The number of fused-ring (bicyclic) bond motifs is 1. The number of ketones is 1. The van der Waals surface area contributed by atoms with E-state index in [2.05, 4.69) is 28.1 Å². The molecule has 41 heavy (non-hydrogen) atoms. The number of hydrogen-bond acceptors (Lipinski definition) is 6. The summed E-state index contributed by atoms with van der Waals surface area (Å²) in [5.41, 5.74) is 7.64. The van der Waals surface area contributed by atoms with Gasteiger partial charge < -0.3 is 26.5 Å². The van der Waals surface area contributed by atoms with Gasteiger partial charge in [-0.3, -0.25) is 19.3 Å². The van der Waals surface area contributed by atoms with Crippen molar-refractivity contribution in [3.63, 3.8) is 0 Å². The van der Waals surface area contributed by atoms with Gasteiger partial charge in [-0.15, -0.1) is 0 Å². The number of rotatable bonds is 10. The SMILES string of the molecule is CN1CCCC1C(=O)NC(CC1CC1)C(=O)C(N)=O.O=CC(NC(=O)NC1CCCCC1)C1Cc2ccccc2C1. The van der Waals surface area contributed by atoms with Crippen LogP contribution >= 0.6 is 0 Å². The highest BCUT2D eigenvalue weighted by Gasteiger charge is 2.35. The summed E-state index contributed by atoms with van der Waals surface area (Å²) in [5.74, 6) is -1.20. The van der Waals surface area contributed by atoms with Crippen molar-refractivity contribution in [3.05, 3.63) is 35.4 Å². The maximum Gasteiger partial charge on any atom is 0.315 e. The second kappa shape index (κ2) is 14.6. The number of amides is 4. The molecule has 1 saturated heterocycles. The molecule has 0 aromatic heterocycles. The zero-order chi connectivity index (χ0) is 29.4. The van der Waals surface area contributed by atoms with Crippen LogP contribution in [0.1, 0.15) is 75.3 Å². The van der Waals surface area contributed by atoms with Crippen molar-refractivity contribution in [2.45, 2.75) is 101 Å². The number of aldehydes is 1. The summed E-state index contributed by atoms with van der Waals surface area (Å²) in [6.07, 6.45) is 12.8. The minimum absolute atomic E-state index is 0.166. The van der Waals surface area contributed by atoms with Crippen LogP contribution in [0.25, 0.3) is 0 Å². The zero-order valence-electron chi connectivity index (χ0n) is 24.1. The van der Waals surface area contributed by atoms with Gasteiger partial charge in [-0.2, -0.15) is 0 Å². The number of primary amides is 1. The maximum absolute atomic E-state index is 12.1. The zero-order valence-corrected chi connectivity index (χ0v) is 24.1. The van der Waals surface area contributed by atoms with Gasteiger partial charge in [0.2, 0.25) is 11.7 Å². The number of likely N-dealkylation sites (tertiary alicyclic amines) is 1. The molecule has 2 saturated carbocycles. The number of hydrogen-bond donors (Lipinski definition) is 4. The van der Waals surface area contributed by atoms with E-state index in [1.807, 2.05) is 24.1 Å². The molecule has 0 spiro atoms. The Kier molecular flexibility index (Phi) is 10.9. The summed E-state index contributed by atoms with van der Waals surface area (Å²) in [7, 11) is 1.89. The van der Waals surface area contributed by atoms with Gasteiger partial charge in [0.05, 0.1) is 18.1 Å². The Bertz CT molecular complexity index is 1080. The number of Topliss-reactive ketones (excluding diaryl/α,β-unsaturated/α-hetero) is 1. The molecule has 3 aliphatic carbocycles. The lowest BCUT2D eigenvalue weighted by Crippen LogP contribution is -2.51. The number of nitrogens with zero attached hydrogens (tertiary/aromatic N) is 1. The Hall–Kier alpha value is -3.27. The second-order valence-corrected chi connectivity index (χ2v) is 12.2. The van der Waals surface area contributed by atoms with E-state index in [4.69, 9.17) is 5.73 Å². The highest BCUT2D eigenvalue weighted by molar-refractivity contribution is 6.37. The fourth-order valence-electron chi connectivity index (χ4n) is 6.33. The van der Waals surface area contributed by atoms with Crippen LogP contribution in [0.5, 0.6) is 0 Å². The Labute approximate surface area is 242 Å². The summed E-state index contributed by atoms with van der Waals surface area (Å²) >= 11 is 0. The summed E-state index contributed by atoms with van der Waals surface area (Å²) in [6, 6.07) is 7.01. The first kappa shape index (κ1) is 30.7. The van der Waals surface area contributed by atoms with Crippen LogP contribution in [0.2, 0.25) is 0 Å². The van der Waals surface area contributed by atoms with Crippen molar-refractivity contribution in [1.29, 1.82) is 0 Å². The van der Waals surface area contributed by atoms with Gasteiger partial charge in [0.15, 0.2) is 0 Å². The number of nitrogens with two attached hydrogens (primary N) is 1. The molecule has 1 heterocycles. The van der Waals surface area contributed by atoms with Crippen molar-refractivity contribution in [2.75, 3.05) is 13.6 Å².